The van der Waals surface area contributed by atoms with Crippen LogP contribution in [0.3, 0.4) is 0 Å². The second-order valence-corrected chi connectivity index (χ2v) is 5.37. The Morgan fingerprint density at radius 3 is 2.94 bits per heavy atom. The maximum absolute atomic E-state index is 11.8. The van der Waals surface area contributed by atoms with Crippen LogP contribution in [0.4, 0.5) is 0 Å². The summed E-state index contributed by atoms with van der Waals surface area (Å²) in [7, 11) is 2.13. The van der Waals surface area contributed by atoms with Gasteiger partial charge in [0.2, 0.25) is 5.91 Å². The normalized spacial score (nSPS) is 39.4. The average Bonchev–Trinajstić information content (AvgIpc) is 3.08. The monoisotopic (exact) mass is 224 g/mol. The smallest absolute Gasteiger partial charge is 0.223 e. The molecule has 16 heavy (non-hydrogen) atoms. The number of amides is 1. The van der Waals surface area contributed by atoms with Crippen LogP contribution in [0.1, 0.15) is 25.7 Å². The summed E-state index contributed by atoms with van der Waals surface area (Å²) in [6, 6.07) is 0.724. The fourth-order valence-corrected chi connectivity index (χ4v) is 2.97. The summed E-state index contributed by atoms with van der Waals surface area (Å²) in [5, 5.41) is 3.16. The highest BCUT2D eigenvalue weighted by molar-refractivity contribution is 5.81. The van der Waals surface area contributed by atoms with E-state index in [9.17, 15) is 4.79 Å². The van der Waals surface area contributed by atoms with Gasteiger partial charge in [-0.2, -0.15) is 0 Å². The number of hydrogen-bond donors (Lipinski definition) is 1. The van der Waals surface area contributed by atoms with E-state index in [2.05, 4.69) is 17.3 Å². The molecule has 4 nitrogen and oxygen atoms in total. The molecule has 1 N–H and O–H groups in total. The van der Waals surface area contributed by atoms with Crippen molar-refractivity contribution in [1.82, 2.24) is 10.2 Å². The number of carbonyl (C=O) groups is 1. The first-order chi connectivity index (χ1) is 7.75. The van der Waals surface area contributed by atoms with E-state index in [-0.39, 0.29) is 18.1 Å². The molecular formula is C12H20N2O2. The highest BCUT2D eigenvalue weighted by Gasteiger charge is 2.44. The molecule has 2 aliphatic heterocycles. The van der Waals surface area contributed by atoms with E-state index in [1.807, 2.05) is 0 Å². The fraction of sp³-hybridized carbons (Fsp3) is 0.917. The van der Waals surface area contributed by atoms with Crippen molar-refractivity contribution in [3.8, 4) is 0 Å². The Morgan fingerprint density at radius 1 is 1.38 bits per heavy atom. The number of hydrogen-bond acceptors (Lipinski definition) is 3. The van der Waals surface area contributed by atoms with Crippen LogP contribution in [-0.2, 0) is 9.53 Å². The first-order valence-corrected chi connectivity index (χ1v) is 6.38. The van der Waals surface area contributed by atoms with Crippen molar-refractivity contribution >= 4 is 5.91 Å². The minimum atomic E-state index is 0.211. The summed E-state index contributed by atoms with van der Waals surface area (Å²) >= 11 is 0. The van der Waals surface area contributed by atoms with Gasteiger partial charge in [-0.1, -0.05) is 0 Å². The van der Waals surface area contributed by atoms with Crippen LogP contribution in [0.5, 0.6) is 0 Å². The Morgan fingerprint density at radius 2 is 2.19 bits per heavy atom. The van der Waals surface area contributed by atoms with Gasteiger partial charge in [0.05, 0.1) is 12.1 Å². The molecule has 2 saturated heterocycles. The molecule has 0 bridgehead atoms. The van der Waals surface area contributed by atoms with E-state index in [0.29, 0.717) is 12.0 Å². The van der Waals surface area contributed by atoms with E-state index < -0.39 is 0 Å². The lowest BCUT2D eigenvalue weighted by molar-refractivity contribution is -0.124. The zero-order chi connectivity index (χ0) is 11.1. The van der Waals surface area contributed by atoms with Crippen molar-refractivity contribution in [1.29, 1.82) is 0 Å². The molecule has 0 spiro atoms. The molecule has 3 rings (SSSR count). The molecule has 3 fully saturated rings. The number of ether oxygens (including phenoxy) is 1. The SMILES string of the molecule is CN1C[C@@H](NC(=O)C2CC2)[C@H]2OCCC[C@H]21. The van der Waals surface area contributed by atoms with Gasteiger partial charge in [0.1, 0.15) is 0 Å². The third kappa shape index (κ3) is 1.84. The van der Waals surface area contributed by atoms with Gasteiger partial charge in [-0.25, -0.2) is 0 Å². The largest absolute Gasteiger partial charge is 0.374 e. The first-order valence-electron chi connectivity index (χ1n) is 6.38. The summed E-state index contributed by atoms with van der Waals surface area (Å²) < 4.78 is 5.83. The molecule has 1 aliphatic carbocycles. The maximum Gasteiger partial charge on any atom is 0.223 e. The van der Waals surface area contributed by atoms with Crippen LogP contribution in [0.2, 0.25) is 0 Å². The lowest BCUT2D eigenvalue weighted by atomic mass is 10.0. The zero-order valence-corrected chi connectivity index (χ0v) is 9.82. The Hall–Kier alpha value is -0.610. The Kier molecular flexibility index (Phi) is 2.64. The first kappa shape index (κ1) is 10.5. The molecule has 1 saturated carbocycles. The van der Waals surface area contributed by atoms with Gasteiger partial charge < -0.3 is 10.1 Å². The summed E-state index contributed by atoms with van der Waals surface area (Å²) in [4.78, 5) is 14.1. The van der Waals surface area contributed by atoms with Crippen molar-refractivity contribution in [2.75, 3.05) is 20.2 Å². The van der Waals surface area contributed by atoms with Crippen molar-refractivity contribution in [3.05, 3.63) is 0 Å². The van der Waals surface area contributed by atoms with Crippen molar-refractivity contribution in [3.63, 3.8) is 0 Å². The summed E-state index contributed by atoms with van der Waals surface area (Å²) in [5.74, 6) is 0.543. The highest BCUT2D eigenvalue weighted by Crippen LogP contribution is 2.31. The number of fused-ring (bicyclic) bond motifs is 1. The molecule has 0 radical (unpaired) electrons. The molecule has 90 valence electrons. The zero-order valence-electron chi connectivity index (χ0n) is 9.82. The minimum absolute atomic E-state index is 0.211. The number of rotatable bonds is 2. The molecule has 0 aromatic carbocycles. The van der Waals surface area contributed by atoms with Crippen LogP contribution in [0, 0.1) is 5.92 Å². The quantitative estimate of drug-likeness (QED) is 0.737. The fourth-order valence-electron chi connectivity index (χ4n) is 2.97. The van der Waals surface area contributed by atoms with Crippen LogP contribution < -0.4 is 5.32 Å². The van der Waals surface area contributed by atoms with Gasteiger partial charge in [-0.15, -0.1) is 0 Å². The van der Waals surface area contributed by atoms with Gasteiger partial charge in [0, 0.05) is 25.1 Å². The molecule has 0 aromatic rings. The van der Waals surface area contributed by atoms with Crippen LogP contribution >= 0.6 is 0 Å². The van der Waals surface area contributed by atoms with E-state index in [1.165, 1.54) is 6.42 Å². The van der Waals surface area contributed by atoms with Crippen LogP contribution in [0.15, 0.2) is 0 Å². The molecule has 1 amide bonds. The van der Waals surface area contributed by atoms with Crippen LogP contribution in [-0.4, -0.2) is 49.2 Å². The molecule has 3 aliphatic rings. The second-order valence-electron chi connectivity index (χ2n) is 5.37. The molecular weight excluding hydrogens is 204 g/mol. The van der Waals surface area contributed by atoms with E-state index >= 15 is 0 Å². The van der Waals surface area contributed by atoms with E-state index in [4.69, 9.17) is 4.74 Å². The van der Waals surface area contributed by atoms with E-state index in [1.54, 1.807) is 0 Å². The number of carbonyl (C=O) groups excluding carboxylic acids is 1. The molecule has 4 heteroatoms. The summed E-state index contributed by atoms with van der Waals surface area (Å²) in [6.45, 7) is 1.79. The third-order valence-corrected chi connectivity index (χ3v) is 4.06. The van der Waals surface area contributed by atoms with Gasteiger partial charge in [0.15, 0.2) is 0 Å². The predicted molar refractivity (Wildman–Crippen MR) is 60.0 cm³/mol. The molecule has 2 heterocycles. The van der Waals surface area contributed by atoms with Gasteiger partial charge in [-0.05, 0) is 32.7 Å². The number of nitrogens with zero attached hydrogens (tertiary/aromatic N) is 1. The average molecular weight is 224 g/mol. The third-order valence-electron chi connectivity index (χ3n) is 4.06. The minimum Gasteiger partial charge on any atom is -0.374 e. The maximum atomic E-state index is 11.8. The number of nitrogens with one attached hydrogen (secondary N) is 1. The summed E-state index contributed by atoms with van der Waals surface area (Å²) in [6.07, 6.45) is 4.72. The van der Waals surface area contributed by atoms with E-state index in [0.717, 1.165) is 32.4 Å². The Balaban J connectivity index is 1.63. The highest BCUT2D eigenvalue weighted by atomic mass is 16.5. The number of likely N-dealkylation sites (N-methyl/N-ethyl adjacent to an activating group) is 1. The number of likely N-dealkylation sites (tertiary alicyclic amines) is 1. The topological polar surface area (TPSA) is 41.6 Å². The van der Waals surface area contributed by atoms with Crippen molar-refractivity contribution in [2.45, 2.75) is 43.9 Å². The second kappa shape index (κ2) is 4.00. The van der Waals surface area contributed by atoms with Crippen LogP contribution in [0.25, 0.3) is 0 Å². The Labute approximate surface area is 96.3 Å². The molecule has 0 unspecified atom stereocenters. The summed E-state index contributed by atoms with van der Waals surface area (Å²) in [5.41, 5.74) is 0. The lowest BCUT2D eigenvalue weighted by Gasteiger charge is -2.31. The Bertz CT molecular complexity index is 291. The van der Waals surface area contributed by atoms with Gasteiger partial charge >= 0.3 is 0 Å². The van der Waals surface area contributed by atoms with Crippen molar-refractivity contribution < 1.29 is 9.53 Å². The van der Waals surface area contributed by atoms with Gasteiger partial charge in [0.25, 0.3) is 0 Å². The lowest BCUT2D eigenvalue weighted by Crippen LogP contribution is -2.47. The predicted octanol–water partition coefficient (Wildman–Crippen LogP) is 0.374. The molecule has 3 atom stereocenters. The van der Waals surface area contributed by atoms with Crippen molar-refractivity contribution in [2.24, 2.45) is 5.92 Å². The van der Waals surface area contributed by atoms with Gasteiger partial charge in [-0.3, -0.25) is 9.69 Å². The molecule has 0 aromatic heterocycles. The standard InChI is InChI=1S/C12H20N2O2/c1-14-7-9(13-12(15)8-4-5-8)11-10(14)3-2-6-16-11/h8-11H,2-7H2,1H3,(H,13,15)/t9-,10-,11-/m1/s1.